The van der Waals surface area contributed by atoms with Gasteiger partial charge in [-0.3, -0.25) is 9.59 Å². The molecule has 27 heavy (non-hydrogen) atoms. The molecule has 0 fully saturated rings. The van der Waals surface area contributed by atoms with E-state index in [4.69, 9.17) is 33.7 Å². The number of hydrogen-bond donors (Lipinski definition) is 3. The molecule has 2 atom stereocenters. The third kappa shape index (κ3) is 5.85. The second-order valence-electron chi connectivity index (χ2n) is 5.90. The molecule has 4 N–H and O–H groups in total. The number of carbonyl (C=O) groups is 2. The van der Waals surface area contributed by atoms with Crippen LogP contribution in [0.25, 0.3) is 0 Å². The van der Waals surface area contributed by atoms with E-state index in [9.17, 15) is 9.59 Å². The highest BCUT2D eigenvalue weighted by Gasteiger charge is 2.23. The van der Waals surface area contributed by atoms with Gasteiger partial charge in [-0.1, -0.05) is 35.3 Å². The molecular formula is C19H21Cl2N3O3. The van der Waals surface area contributed by atoms with E-state index in [0.717, 1.165) is 5.56 Å². The molecule has 2 aromatic carbocycles. The Morgan fingerprint density at radius 3 is 2.37 bits per heavy atom. The van der Waals surface area contributed by atoms with Crippen molar-refractivity contribution in [2.24, 2.45) is 5.73 Å². The minimum atomic E-state index is -0.987. The first-order valence-electron chi connectivity index (χ1n) is 8.20. The van der Waals surface area contributed by atoms with Crippen molar-refractivity contribution < 1.29 is 14.3 Å². The molecule has 2 amide bonds. The maximum Gasteiger partial charge on any atom is 0.242 e. The topological polar surface area (TPSA) is 93.5 Å². The van der Waals surface area contributed by atoms with Crippen molar-refractivity contribution in [1.29, 1.82) is 0 Å². The van der Waals surface area contributed by atoms with Gasteiger partial charge in [0.2, 0.25) is 11.8 Å². The Balaban J connectivity index is 2.25. The van der Waals surface area contributed by atoms with Crippen LogP contribution in [0.1, 0.15) is 29.6 Å². The van der Waals surface area contributed by atoms with Crippen LogP contribution in [0.4, 0.5) is 0 Å². The molecule has 0 radical (unpaired) electrons. The minimum Gasteiger partial charge on any atom is -0.497 e. The fraction of sp³-hybridized carbons (Fsp3) is 0.263. The summed E-state index contributed by atoms with van der Waals surface area (Å²) in [6.07, 6.45) is 0.0540. The molecule has 0 aliphatic carbocycles. The van der Waals surface area contributed by atoms with E-state index in [-0.39, 0.29) is 12.3 Å². The van der Waals surface area contributed by atoms with Crippen LogP contribution >= 0.6 is 23.2 Å². The highest BCUT2D eigenvalue weighted by Crippen LogP contribution is 2.25. The van der Waals surface area contributed by atoms with E-state index in [1.165, 1.54) is 7.05 Å². The third-order valence-electron chi connectivity index (χ3n) is 4.01. The molecule has 0 spiro atoms. The van der Waals surface area contributed by atoms with Crippen LogP contribution in [0.15, 0.2) is 42.5 Å². The van der Waals surface area contributed by atoms with Gasteiger partial charge in [0.15, 0.2) is 0 Å². The Morgan fingerprint density at radius 1 is 1.11 bits per heavy atom. The highest BCUT2D eigenvalue weighted by molar-refractivity contribution is 6.34. The third-order valence-corrected chi connectivity index (χ3v) is 4.44. The lowest BCUT2D eigenvalue weighted by Gasteiger charge is -2.22. The first-order chi connectivity index (χ1) is 12.8. The van der Waals surface area contributed by atoms with Crippen LogP contribution < -0.4 is 21.1 Å². The van der Waals surface area contributed by atoms with E-state index in [2.05, 4.69) is 10.6 Å². The van der Waals surface area contributed by atoms with E-state index in [1.807, 2.05) is 0 Å². The second-order valence-corrected chi connectivity index (χ2v) is 6.77. The van der Waals surface area contributed by atoms with Crippen LogP contribution in [0.5, 0.6) is 5.75 Å². The predicted molar refractivity (Wildman–Crippen MR) is 106 cm³/mol. The number of ether oxygens (including phenoxy) is 1. The van der Waals surface area contributed by atoms with Crippen molar-refractivity contribution in [2.75, 3.05) is 14.2 Å². The molecule has 144 valence electrons. The molecule has 0 saturated heterocycles. The minimum absolute atomic E-state index is 0.0540. The summed E-state index contributed by atoms with van der Waals surface area (Å²) in [6.45, 7) is 0. The van der Waals surface area contributed by atoms with Gasteiger partial charge in [-0.25, -0.2) is 0 Å². The Labute approximate surface area is 168 Å². The molecule has 2 aromatic rings. The second kappa shape index (κ2) is 9.60. The standard InChI is InChI=1S/C19H21Cl2N3O3/c1-23-17(25)10-16(11-4-3-5-15(8-11)27-2)24-19(26)18(22)12-6-13(20)9-14(21)7-12/h3-9,16,18H,10,22H2,1-2H3,(H,23,25)(H,24,26). The molecule has 0 heterocycles. The van der Waals surface area contributed by atoms with Crippen molar-refractivity contribution in [3.63, 3.8) is 0 Å². The number of rotatable bonds is 7. The van der Waals surface area contributed by atoms with Crippen LogP contribution in [-0.4, -0.2) is 26.0 Å². The van der Waals surface area contributed by atoms with E-state index in [1.54, 1.807) is 49.6 Å². The van der Waals surface area contributed by atoms with E-state index < -0.39 is 18.0 Å². The van der Waals surface area contributed by atoms with Gasteiger partial charge in [-0.05, 0) is 41.5 Å². The van der Waals surface area contributed by atoms with Gasteiger partial charge in [-0.15, -0.1) is 0 Å². The number of nitrogens with one attached hydrogen (secondary N) is 2. The van der Waals surface area contributed by atoms with Gasteiger partial charge in [0.05, 0.1) is 19.6 Å². The van der Waals surface area contributed by atoms with Gasteiger partial charge in [-0.2, -0.15) is 0 Å². The Bertz CT molecular complexity index is 809. The molecule has 0 aliphatic rings. The van der Waals surface area contributed by atoms with Crippen LogP contribution in [0, 0.1) is 0 Å². The normalized spacial score (nSPS) is 12.8. The highest BCUT2D eigenvalue weighted by atomic mass is 35.5. The lowest BCUT2D eigenvalue weighted by atomic mass is 10.0. The number of amides is 2. The zero-order valence-electron chi connectivity index (χ0n) is 15.0. The average molecular weight is 410 g/mol. The van der Waals surface area contributed by atoms with Crippen molar-refractivity contribution in [3.8, 4) is 5.75 Å². The number of nitrogens with two attached hydrogens (primary N) is 1. The largest absolute Gasteiger partial charge is 0.497 e. The molecule has 8 heteroatoms. The Morgan fingerprint density at radius 2 is 1.78 bits per heavy atom. The first kappa shape index (κ1) is 21.0. The first-order valence-corrected chi connectivity index (χ1v) is 8.96. The van der Waals surface area contributed by atoms with Crippen molar-refractivity contribution in [2.45, 2.75) is 18.5 Å². The molecule has 0 aliphatic heterocycles. The van der Waals surface area contributed by atoms with Crippen molar-refractivity contribution in [3.05, 3.63) is 63.6 Å². The lowest BCUT2D eigenvalue weighted by molar-refractivity contribution is -0.124. The SMILES string of the molecule is CNC(=O)CC(NC(=O)C(N)c1cc(Cl)cc(Cl)c1)c1cccc(OC)c1. The number of halogens is 2. The molecule has 0 saturated carbocycles. The van der Waals surface area contributed by atoms with Crippen LogP contribution in [0.3, 0.4) is 0 Å². The Hall–Kier alpha value is -2.28. The maximum atomic E-state index is 12.7. The van der Waals surface area contributed by atoms with Gasteiger partial charge < -0.3 is 21.1 Å². The van der Waals surface area contributed by atoms with Gasteiger partial charge in [0, 0.05) is 17.1 Å². The summed E-state index contributed by atoms with van der Waals surface area (Å²) in [4.78, 5) is 24.6. The number of benzene rings is 2. The van der Waals surface area contributed by atoms with Crippen LogP contribution in [-0.2, 0) is 9.59 Å². The van der Waals surface area contributed by atoms with Crippen molar-refractivity contribution in [1.82, 2.24) is 10.6 Å². The quantitative estimate of drug-likeness (QED) is 0.654. The molecular weight excluding hydrogens is 389 g/mol. The molecule has 0 bridgehead atoms. The van der Waals surface area contributed by atoms with Gasteiger partial charge >= 0.3 is 0 Å². The summed E-state index contributed by atoms with van der Waals surface area (Å²) < 4.78 is 5.22. The summed E-state index contributed by atoms with van der Waals surface area (Å²) in [5.41, 5.74) is 7.27. The Kier molecular flexibility index (Phi) is 7.47. The smallest absolute Gasteiger partial charge is 0.242 e. The maximum absolute atomic E-state index is 12.7. The predicted octanol–water partition coefficient (Wildman–Crippen LogP) is 3.00. The fourth-order valence-corrected chi connectivity index (χ4v) is 3.11. The van der Waals surface area contributed by atoms with Crippen LogP contribution in [0.2, 0.25) is 10.0 Å². The van der Waals surface area contributed by atoms with E-state index >= 15 is 0 Å². The zero-order chi connectivity index (χ0) is 20.0. The number of methoxy groups -OCH3 is 1. The fourth-order valence-electron chi connectivity index (χ4n) is 2.57. The average Bonchev–Trinajstić information content (AvgIpc) is 2.65. The van der Waals surface area contributed by atoms with Gasteiger partial charge in [0.25, 0.3) is 0 Å². The zero-order valence-corrected chi connectivity index (χ0v) is 16.5. The summed E-state index contributed by atoms with van der Waals surface area (Å²) in [7, 11) is 3.08. The van der Waals surface area contributed by atoms with Crippen molar-refractivity contribution >= 4 is 35.0 Å². The van der Waals surface area contributed by atoms with E-state index in [0.29, 0.717) is 21.4 Å². The molecule has 6 nitrogen and oxygen atoms in total. The summed E-state index contributed by atoms with van der Waals surface area (Å²) >= 11 is 12.0. The molecule has 2 rings (SSSR count). The lowest BCUT2D eigenvalue weighted by Crippen LogP contribution is -2.38. The molecule has 0 aromatic heterocycles. The monoisotopic (exact) mass is 409 g/mol. The van der Waals surface area contributed by atoms with Gasteiger partial charge in [0.1, 0.15) is 11.8 Å². The number of hydrogen-bond acceptors (Lipinski definition) is 4. The summed E-state index contributed by atoms with van der Waals surface area (Å²) in [5.74, 6) is -0.0536. The molecule has 2 unspecified atom stereocenters. The number of carbonyl (C=O) groups excluding carboxylic acids is 2. The summed E-state index contributed by atoms with van der Waals surface area (Å²) in [6, 6.07) is 10.3. The summed E-state index contributed by atoms with van der Waals surface area (Å²) in [5, 5.41) is 6.15.